The first-order valence-electron chi connectivity index (χ1n) is 11.4. The minimum absolute atomic E-state index is 0.360. The molecule has 0 fully saturated rings. The fourth-order valence-electron chi connectivity index (χ4n) is 3.53. The Kier molecular flexibility index (Phi) is 9.24. The van der Waals surface area contributed by atoms with E-state index >= 15 is 0 Å². The Balaban J connectivity index is 2.06. The lowest BCUT2D eigenvalue weighted by molar-refractivity contribution is -0.135. The molecule has 1 atom stereocenters. The number of pyridine rings is 1. The van der Waals surface area contributed by atoms with Crippen molar-refractivity contribution in [2.45, 2.75) is 31.8 Å². The molecule has 3 aromatic rings. The number of nitrogens with one attached hydrogen (secondary N) is 2. The molecule has 1 unspecified atom stereocenters. The van der Waals surface area contributed by atoms with Crippen LogP contribution in [0.25, 0.3) is 0 Å². The number of amides is 1. The summed E-state index contributed by atoms with van der Waals surface area (Å²) < 4.78 is 86.2. The normalized spacial score (nSPS) is 11.9. The second kappa shape index (κ2) is 12.4. The van der Waals surface area contributed by atoms with Gasteiger partial charge in [0.15, 0.2) is 5.69 Å². The second-order valence-corrected chi connectivity index (χ2v) is 8.32. The van der Waals surface area contributed by atoms with Crippen molar-refractivity contribution in [3.05, 3.63) is 111 Å². The Morgan fingerprint density at radius 3 is 2.27 bits per heavy atom. The highest BCUT2D eigenvalue weighted by Gasteiger charge is 2.32. The number of aromatic carboxylic acids is 1. The van der Waals surface area contributed by atoms with Gasteiger partial charge in [0.1, 0.15) is 29.6 Å². The maximum atomic E-state index is 14.0. The molecule has 14 heteroatoms. The van der Waals surface area contributed by atoms with E-state index in [1.165, 1.54) is 0 Å². The molecule has 0 spiro atoms. The number of hydrogen-bond acceptors (Lipinski definition) is 5. The maximum Gasteiger partial charge on any atom is 0.391 e. The minimum atomic E-state index is -4.70. The topological polar surface area (TPSA) is 110 Å². The number of carboxylic acids is 1. The van der Waals surface area contributed by atoms with Crippen LogP contribution in [0.2, 0.25) is 0 Å². The molecule has 0 aliphatic heterocycles. The molecule has 2 aromatic carbocycles. The van der Waals surface area contributed by atoms with Crippen molar-refractivity contribution < 1.29 is 45.8 Å². The van der Waals surface area contributed by atoms with Crippen LogP contribution in [0.15, 0.2) is 66.1 Å². The van der Waals surface area contributed by atoms with Crippen LogP contribution < -0.4 is 20.9 Å². The molecular formula is C26H21F6N3O5. The Hall–Kier alpha value is -4.75. The molecule has 3 N–H and O–H groups in total. The number of halogens is 6. The van der Waals surface area contributed by atoms with Crippen molar-refractivity contribution in [1.29, 1.82) is 0 Å². The van der Waals surface area contributed by atoms with Gasteiger partial charge in [-0.15, -0.1) is 6.58 Å². The fourth-order valence-corrected chi connectivity index (χ4v) is 3.53. The van der Waals surface area contributed by atoms with E-state index < -0.39 is 82.5 Å². The van der Waals surface area contributed by atoms with Gasteiger partial charge < -0.3 is 20.6 Å². The highest BCUT2D eigenvalue weighted by atomic mass is 19.4. The summed E-state index contributed by atoms with van der Waals surface area (Å²) in [5.41, 5.74) is -1.06. The summed E-state index contributed by atoms with van der Waals surface area (Å²) in [5.74, 6) is -7.83. The third kappa shape index (κ3) is 7.42. The Morgan fingerprint density at radius 2 is 1.73 bits per heavy atom. The SMILES string of the molecule is C=CC(CC(F)(F)F)Nn1cc(C(=O)NCc2c(F)cc(F)cc2F)c(=O)c(OCc2ccccc2)c1C(=O)O. The number of ether oxygens (including phenoxy) is 1. The van der Waals surface area contributed by atoms with E-state index in [0.717, 1.165) is 6.08 Å². The monoisotopic (exact) mass is 569 g/mol. The molecule has 40 heavy (non-hydrogen) atoms. The third-order valence-corrected chi connectivity index (χ3v) is 5.41. The molecule has 3 rings (SSSR count). The standard InChI is InChI=1S/C26H21F6N3O5/c1-2-16(10-26(30,31)32)34-35-12-18(24(37)33-11-17-19(28)8-15(27)9-20(17)29)22(36)23(21(35)25(38)39)40-13-14-6-4-3-5-7-14/h2-9,12,16,34H,1,10-11,13H2,(H,33,37)(H,38,39). The number of alkyl halides is 3. The number of nitrogens with zero attached hydrogens (tertiary/aromatic N) is 1. The van der Waals surface area contributed by atoms with Crippen LogP contribution in [0.4, 0.5) is 26.3 Å². The fraction of sp³-hybridized carbons (Fsp3) is 0.192. The first-order chi connectivity index (χ1) is 18.8. The molecule has 0 saturated carbocycles. The van der Waals surface area contributed by atoms with Gasteiger partial charge in [0.25, 0.3) is 5.91 Å². The molecule has 0 saturated heterocycles. The highest BCUT2D eigenvalue weighted by Crippen LogP contribution is 2.24. The van der Waals surface area contributed by atoms with Gasteiger partial charge in [0.05, 0.1) is 12.5 Å². The first-order valence-corrected chi connectivity index (χ1v) is 11.4. The predicted octanol–water partition coefficient (Wildman–Crippen LogP) is 4.52. The zero-order chi connectivity index (χ0) is 29.6. The first kappa shape index (κ1) is 29.8. The predicted molar refractivity (Wildman–Crippen MR) is 130 cm³/mol. The van der Waals surface area contributed by atoms with Gasteiger partial charge in [0, 0.05) is 30.4 Å². The van der Waals surface area contributed by atoms with E-state index in [4.69, 9.17) is 4.74 Å². The number of carboxylic acid groups (broad SMARTS) is 1. The zero-order valence-electron chi connectivity index (χ0n) is 20.4. The minimum Gasteiger partial charge on any atom is -0.482 e. The van der Waals surface area contributed by atoms with Crippen molar-refractivity contribution in [2.24, 2.45) is 0 Å². The van der Waals surface area contributed by atoms with Crippen LogP contribution in [0.5, 0.6) is 5.75 Å². The van der Waals surface area contributed by atoms with Gasteiger partial charge in [-0.2, -0.15) is 13.2 Å². The molecule has 1 heterocycles. The average molecular weight is 569 g/mol. The van der Waals surface area contributed by atoms with Crippen LogP contribution >= 0.6 is 0 Å². The Morgan fingerprint density at radius 1 is 1.10 bits per heavy atom. The number of hydrogen-bond donors (Lipinski definition) is 3. The van der Waals surface area contributed by atoms with Crippen LogP contribution in [-0.2, 0) is 13.2 Å². The molecule has 1 aromatic heterocycles. The summed E-state index contributed by atoms with van der Waals surface area (Å²) in [6.45, 7) is 2.07. The van der Waals surface area contributed by atoms with Crippen LogP contribution in [0.3, 0.4) is 0 Å². The molecule has 8 nitrogen and oxygen atoms in total. The quantitative estimate of drug-likeness (QED) is 0.232. The number of rotatable bonds is 11. The number of benzene rings is 2. The molecule has 0 bridgehead atoms. The molecule has 0 radical (unpaired) electrons. The average Bonchev–Trinajstić information content (AvgIpc) is 2.86. The van der Waals surface area contributed by atoms with Gasteiger partial charge in [-0.05, 0) is 5.56 Å². The zero-order valence-corrected chi connectivity index (χ0v) is 20.4. The maximum absolute atomic E-state index is 14.0. The highest BCUT2D eigenvalue weighted by molar-refractivity contribution is 5.96. The van der Waals surface area contributed by atoms with Crippen molar-refractivity contribution in [3.8, 4) is 5.75 Å². The van der Waals surface area contributed by atoms with Crippen LogP contribution in [0.1, 0.15) is 38.4 Å². The van der Waals surface area contributed by atoms with Crippen molar-refractivity contribution in [3.63, 3.8) is 0 Å². The molecule has 0 aliphatic carbocycles. The van der Waals surface area contributed by atoms with Gasteiger partial charge in [0.2, 0.25) is 11.2 Å². The third-order valence-electron chi connectivity index (χ3n) is 5.41. The number of carbonyl (C=O) groups excluding carboxylic acids is 1. The lowest BCUT2D eigenvalue weighted by Crippen LogP contribution is -2.37. The summed E-state index contributed by atoms with van der Waals surface area (Å²) in [5, 5.41) is 11.9. The van der Waals surface area contributed by atoms with Crippen molar-refractivity contribution in [2.75, 3.05) is 5.43 Å². The van der Waals surface area contributed by atoms with Gasteiger partial charge in [-0.1, -0.05) is 36.4 Å². The van der Waals surface area contributed by atoms with E-state index in [1.807, 2.05) is 0 Å². The van der Waals surface area contributed by atoms with E-state index in [0.29, 0.717) is 28.6 Å². The van der Waals surface area contributed by atoms with E-state index in [2.05, 4.69) is 17.3 Å². The smallest absolute Gasteiger partial charge is 0.391 e. The van der Waals surface area contributed by atoms with Crippen LogP contribution in [0, 0.1) is 17.5 Å². The molecular weight excluding hydrogens is 548 g/mol. The lowest BCUT2D eigenvalue weighted by atomic mass is 10.1. The largest absolute Gasteiger partial charge is 0.482 e. The summed E-state index contributed by atoms with van der Waals surface area (Å²) in [4.78, 5) is 38.2. The Labute approximate surface area is 222 Å². The second-order valence-electron chi connectivity index (χ2n) is 8.32. The van der Waals surface area contributed by atoms with E-state index in [9.17, 15) is 45.8 Å². The molecule has 1 amide bonds. The Bertz CT molecular complexity index is 1450. The summed E-state index contributed by atoms with van der Waals surface area (Å²) >= 11 is 0. The van der Waals surface area contributed by atoms with Gasteiger partial charge >= 0.3 is 12.1 Å². The van der Waals surface area contributed by atoms with E-state index in [-0.39, 0.29) is 6.61 Å². The lowest BCUT2D eigenvalue weighted by Gasteiger charge is -2.23. The van der Waals surface area contributed by atoms with Crippen molar-refractivity contribution in [1.82, 2.24) is 9.99 Å². The van der Waals surface area contributed by atoms with Crippen LogP contribution in [-0.4, -0.2) is 33.9 Å². The van der Waals surface area contributed by atoms with Gasteiger partial charge in [-0.3, -0.25) is 14.3 Å². The summed E-state index contributed by atoms with van der Waals surface area (Å²) in [6, 6.07) is 7.22. The summed E-state index contributed by atoms with van der Waals surface area (Å²) in [7, 11) is 0. The molecule has 212 valence electrons. The number of aromatic nitrogens is 1. The van der Waals surface area contributed by atoms with Crippen molar-refractivity contribution >= 4 is 11.9 Å². The summed E-state index contributed by atoms with van der Waals surface area (Å²) in [6.07, 6.45) is -4.75. The number of carbonyl (C=O) groups is 2. The van der Waals surface area contributed by atoms with Gasteiger partial charge in [-0.25, -0.2) is 18.0 Å². The molecule has 0 aliphatic rings. The van der Waals surface area contributed by atoms with E-state index in [1.54, 1.807) is 30.3 Å².